The molecule has 202 valence electrons. The van der Waals surface area contributed by atoms with Crippen LogP contribution < -0.4 is 16.2 Å². The van der Waals surface area contributed by atoms with Crippen LogP contribution in [0.25, 0.3) is 21.9 Å². The smallest absolute Gasteiger partial charge is 0.342 e. The van der Waals surface area contributed by atoms with Crippen molar-refractivity contribution >= 4 is 27.6 Å². The summed E-state index contributed by atoms with van der Waals surface area (Å²) in [4.78, 5) is 28.8. The molecule has 2 heterocycles. The van der Waals surface area contributed by atoms with Crippen LogP contribution in [0.2, 0.25) is 0 Å². The zero-order valence-corrected chi connectivity index (χ0v) is 21.9. The van der Waals surface area contributed by atoms with Crippen LogP contribution in [0.5, 0.6) is 11.5 Å². The van der Waals surface area contributed by atoms with Crippen LogP contribution in [0, 0.1) is 50.7 Å². The molecule has 0 aliphatic heterocycles. The first-order valence-corrected chi connectivity index (χ1v) is 12.7. The minimum absolute atomic E-state index is 0.0251. The van der Waals surface area contributed by atoms with Crippen molar-refractivity contribution in [3.05, 3.63) is 73.9 Å². The molecule has 2 N–H and O–H groups in total. The topological polar surface area (TPSA) is 199 Å². The molecule has 0 saturated heterocycles. The Bertz CT molecular complexity index is 2020. The van der Waals surface area contributed by atoms with E-state index in [2.05, 4.69) is 4.90 Å². The number of aromatic hydroxyl groups is 2. The third-order valence-corrected chi connectivity index (χ3v) is 7.97. The Balaban J connectivity index is 1.87. The van der Waals surface area contributed by atoms with Crippen molar-refractivity contribution in [3.8, 4) is 35.8 Å². The summed E-state index contributed by atoms with van der Waals surface area (Å²) in [5.74, 6) is -2.74. The van der Waals surface area contributed by atoms with E-state index in [0.29, 0.717) is 5.39 Å². The number of hydrogen-bond acceptors (Lipinski definition) is 11. The molecule has 2 aromatic heterocycles. The van der Waals surface area contributed by atoms with E-state index in [1.807, 2.05) is 19.9 Å². The molecule has 41 heavy (non-hydrogen) atoms. The van der Waals surface area contributed by atoms with Crippen LogP contribution in [-0.4, -0.2) is 23.3 Å². The number of benzene rings is 2. The molecule has 11 heteroatoms. The SMILES string of the molecule is CCN(CC)c1ccc2cc(C3Cc4c(c(=O)oc5c(O)c(O)ccc45)C(C#N)(C#N)C3(C#N)C#N)c(=O)oc2c1. The first-order chi connectivity index (χ1) is 19.7. The minimum atomic E-state index is -2.69. The van der Waals surface area contributed by atoms with Gasteiger partial charge in [0.05, 0.1) is 29.8 Å². The Morgan fingerprint density at radius 3 is 2.22 bits per heavy atom. The van der Waals surface area contributed by atoms with Gasteiger partial charge in [0.25, 0.3) is 0 Å². The van der Waals surface area contributed by atoms with E-state index in [9.17, 15) is 40.8 Å². The van der Waals surface area contributed by atoms with Gasteiger partial charge in [-0.2, -0.15) is 21.0 Å². The van der Waals surface area contributed by atoms with Crippen molar-refractivity contribution in [1.29, 1.82) is 21.0 Å². The zero-order valence-electron chi connectivity index (χ0n) is 21.9. The van der Waals surface area contributed by atoms with Gasteiger partial charge in [-0.25, -0.2) is 9.59 Å². The Morgan fingerprint density at radius 1 is 0.927 bits per heavy atom. The Kier molecular flexibility index (Phi) is 6.18. The summed E-state index contributed by atoms with van der Waals surface area (Å²) in [6.07, 6.45) is -0.332. The molecule has 11 nitrogen and oxygen atoms in total. The largest absolute Gasteiger partial charge is 0.504 e. The van der Waals surface area contributed by atoms with Crippen molar-refractivity contribution in [2.75, 3.05) is 18.0 Å². The van der Waals surface area contributed by atoms with E-state index in [4.69, 9.17) is 8.83 Å². The summed E-state index contributed by atoms with van der Waals surface area (Å²) < 4.78 is 10.9. The van der Waals surface area contributed by atoms with Gasteiger partial charge in [-0.15, -0.1) is 0 Å². The summed E-state index contributed by atoms with van der Waals surface area (Å²) in [6.45, 7) is 5.41. The number of fused-ring (bicyclic) bond motifs is 4. The molecule has 1 atom stereocenters. The molecular formula is C30H21N5O6. The van der Waals surface area contributed by atoms with Crippen LogP contribution in [0.15, 0.2) is 54.8 Å². The minimum Gasteiger partial charge on any atom is -0.504 e. The average molecular weight is 548 g/mol. The molecule has 1 unspecified atom stereocenters. The lowest BCUT2D eigenvalue weighted by atomic mass is 9.50. The highest BCUT2D eigenvalue weighted by atomic mass is 16.4. The van der Waals surface area contributed by atoms with Crippen LogP contribution >= 0.6 is 0 Å². The highest BCUT2D eigenvalue weighted by Gasteiger charge is 2.66. The second-order valence-electron chi connectivity index (χ2n) is 9.70. The van der Waals surface area contributed by atoms with E-state index in [1.54, 1.807) is 36.4 Å². The molecule has 1 aliphatic carbocycles. The molecule has 4 aromatic rings. The van der Waals surface area contributed by atoms with Gasteiger partial charge in [0.15, 0.2) is 16.7 Å². The number of phenolic OH excluding ortho intramolecular Hbond substituents is 2. The van der Waals surface area contributed by atoms with Crippen LogP contribution in [-0.2, 0) is 11.8 Å². The average Bonchev–Trinajstić information content (AvgIpc) is 2.98. The molecule has 0 bridgehead atoms. The summed E-state index contributed by atoms with van der Waals surface area (Å²) in [5, 5.41) is 62.4. The third-order valence-electron chi connectivity index (χ3n) is 7.97. The first kappa shape index (κ1) is 26.8. The molecule has 0 radical (unpaired) electrons. The van der Waals surface area contributed by atoms with Gasteiger partial charge < -0.3 is 23.9 Å². The van der Waals surface area contributed by atoms with E-state index in [1.165, 1.54) is 12.1 Å². The molecule has 5 rings (SSSR count). The quantitative estimate of drug-likeness (QED) is 0.278. The van der Waals surface area contributed by atoms with Crippen LogP contribution in [0.1, 0.15) is 36.5 Å². The monoisotopic (exact) mass is 547 g/mol. The maximum atomic E-state index is 13.5. The standard InChI is InChI=1S/C30H21N5O6/c1-3-35(4-2)17-6-5-16-9-20(27(38)40-23(16)10-17)21-11-19-18-7-8-22(36)25(37)26(18)41-28(39)24(19)30(14-33,15-34)29(21,12-31)13-32/h5-10,21,36-37H,3-4,11H2,1-2H3. The molecule has 0 saturated carbocycles. The van der Waals surface area contributed by atoms with Crippen molar-refractivity contribution < 1.29 is 19.0 Å². The number of hydrogen-bond donors (Lipinski definition) is 2. The normalized spacial score (nSPS) is 16.6. The highest BCUT2D eigenvalue weighted by molar-refractivity contribution is 5.90. The second-order valence-corrected chi connectivity index (χ2v) is 9.70. The van der Waals surface area contributed by atoms with Crippen molar-refractivity contribution in [3.63, 3.8) is 0 Å². The number of anilines is 1. The number of rotatable bonds is 4. The molecule has 1 aliphatic rings. The fourth-order valence-electron chi connectivity index (χ4n) is 5.86. The number of phenols is 2. The number of nitriles is 4. The van der Waals surface area contributed by atoms with E-state index in [-0.39, 0.29) is 28.5 Å². The first-order valence-electron chi connectivity index (χ1n) is 12.7. The van der Waals surface area contributed by atoms with Gasteiger partial charge in [-0.05, 0) is 56.2 Å². The molecule has 0 spiro atoms. The second kappa shape index (κ2) is 9.45. The maximum Gasteiger partial charge on any atom is 0.342 e. The van der Waals surface area contributed by atoms with Gasteiger partial charge in [0.2, 0.25) is 11.2 Å². The molecule has 2 aromatic carbocycles. The summed E-state index contributed by atoms with van der Waals surface area (Å²) in [5.41, 5.74) is -7.31. The summed E-state index contributed by atoms with van der Waals surface area (Å²) >= 11 is 0. The lowest BCUT2D eigenvalue weighted by Crippen LogP contribution is -2.53. The third kappa shape index (κ3) is 3.47. The van der Waals surface area contributed by atoms with Gasteiger partial charge in [0.1, 0.15) is 5.58 Å². The van der Waals surface area contributed by atoms with E-state index in [0.717, 1.165) is 24.8 Å². The van der Waals surface area contributed by atoms with E-state index < -0.39 is 50.6 Å². The van der Waals surface area contributed by atoms with Crippen molar-refractivity contribution in [1.82, 2.24) is 0 Å². The van der Waals surface area contributed by atoms with Crippen LogP contribution in [0.4, 0.5) is 5.69 Å². The fourth-order valence-corrected chi connectivity index (χ4v) is 5.86. The lowest BCUT2D eigenvalue weighted by molar-refractivity contribution is 0.281. The van der Waals surface area contributed by atoms with E-state index >= 15 is 0 Å². The Hall–Kier alpha value is -5.78. The highest BCUT2D eigenvalue weighted by Crippen LogP contribution is 2.56. The van der Waals surface area contributed by atoms with Gasteiger partial charge in [-0.1, -0.05) is 0 Å². The Labute approximate surface area is 232 Å². The molecule has 0 fully saturated rings. The molecule has 0 amide bonds. The van der Waals surface area contributed by atoms with Crippen LogP contribution in [0.3, 0.4) is 0 Å². The lowest BCUT2D eigenvalue weighted by Gasteiger charge is -2.42. The van der Waals surface area contributed by atoms with Gasteiger partial charge in [-0.3, -0.25) is 0 Å². The van der Waals surface area contributed by atoms with Crippen molar-refractivity contribution in [2.24, 2.45) is 5.41 Å². The molecular weight excluding hydrogens is 526 g/mol. The summed E-state index contributed by atoms with van der Waals surface area (Å²) in [7, 11) is 0. The summed E-state index contributed by atoms with van der Waals surface area (Å²) in [6, 6.07) is 16.2. The predicted molar refractivity (Wildman–Crippen MR) is 145 cm³/mol. The maximum absolute atomic E-state index is 13.5. The number of nitrogens with zero attached hydrogens (tertiary/aromatic N) is 5. The van der Waals surface area contributed by atoms with Gasteiger partial charge >= 0.3 is 11.3 Å². The van der Waals surface area contributed by atoms with Gasteiger partial charge in [0, 0.05) is 47.1 Å². The Morgan fingerprint density at radius 2 is 1.61 bits per heavy atom. The predicted octanol–water partition coefficient (Wildman–Crippen LogP) is 3.82. The zero-order chi connectivity index (χ0) is 29.7. The van der Waals surface area contributed by atoms with Crippen molar-refractivity contribution in [2.45, 2.75) is 31.6 Å². The fraction of sp³-hybridized carbons (Fsp3) is 0.267.